The molecule has 1 heterocycles. The van der Waals surface area contributed by atoms with Crippen LogP contribution in [0.2, 0.25) is 0 Å². The largest absolute Gasteiger partial charge is 0.379 e. The maximum atomic E-state index is 12.0. The molecule has 2 rings (SSSR count). The second-order valence-electron chi connectivity index (χ2n) is 5.58. The Morgan fingerprint density at radius 2 is 2.10 bits per heavy atom. The van der Waals surface area contributed by atoms with Gasteiger partial charge in [-0.25, -0.2) is 0 Å². The molecule has 0 aliphatic heterocycles. The standard InChI is InChI=1S/C17H24N2O2/c1-13(2)21-10-6-9-18-17(20)11-14-12-19(3)16-8-5-4-7-15(14)16/h4-5,7-8,12-13H,6,9-11H2,1-3H3,(H,18,20). The third kappa shape index (κ3) is 4.33. The van der Waals surface area contributed by atoms with Gasteiger partial charge in [0.25, 0.3) is 0 Å². The SMILES string of the molecule is CC(C)OCCCNC(=O)Cc1cn(C)c2ccccc12. The molecule has 1 amide bonds. The highest BCUT2D eigenvalue weighted by atomic mass is 16.5. The van der Waals surface area contributed by atoms with Crippen molar-refractivity contribution in [2.45, 2.75) is 32.8 Å². The van der Waals surface area contributed by atoms with Gasteiger partial charge in [0, 0.05) is 37.3 Å². The van der Waals surface area contributed by atoms with Crippen molar-refractivity contribution in [2.24, 2.45) is 7.05 Å². The van der Waals surface area contributed by atoms with E-state index in [2.05, 4.69) is 22.0 Å². The number of benzene rings is 1. The molecule has 0 saturated heterocycles. The number of rotatable bonds is 7. The number of aromatic nitrogens is 1. The van der Waals surface area contributed by atoms with Gasteiger partial charge in [0.1, 0.15) is 0 Å². The number of hydrogen-bond acceptors (Lipinski definition) is 2. The summed E-state index contributed by atoms with van der Waals surface area (Å²) in [5.74, 6) is 0.0656. The van der Waals surface area contributed by atoms with Crippen molar-refractivity contribution in [1.82, 2.24) is 9.88 Å². The average Bonchev–Trinajstić information content (AvgIpc) is 2.75. The number of nitrogens with one attached hydrogen (secondary N) is 1. The summed E-state index contributed by atoms with van der Waals surface area (Å²) in [7, 11) is 2.01. The van der Waals surface area contributed by atoms with Gasteiger partial charge in [-0.05, 0) is 31.9 Å². The van der Waals surface area contributed by atoms with Gasteiger partial charge in [-0.15, -0.1) is 0 Å². The number of amides is 1. The average molecular weight is 288 g/mol. The third-order valence-electron chi connectivity index (χ3n) is 3.42. The lowest BCUT2D eigenvalue weighted by atomic mass is 10.1. The van der Waals surface area contributed by atoms with E-state index >= 15 is 0 Å². The lowest BCUT2D eigenvalue weighted by molar-refractivity contribution is -0.120. The predicted octanol–water partition coefficient (Wildman–Crippen LogP) is 2.65. The molecule has 4 heteroatoms. The van der Waals surface area contributed by atoms with Crippen LogP contribution in [-0.2, 0) is 23.0 Å². The van der Waals surface area contributed by atoms with Gasteiger partial charge in [0.2, 0.25) is 5.91 Å². The van der Waals surface area contributed by atoms with Crippen LogP contribution < -0.4 is 5.32 Å². The van der Waals surface area contributed by atoms with Crippen LogP contribution in [0, 0.1) is 0 Å². The Hall–Kier alpha value is -1.81. The van der Waals surface area contributed by atoms with Crippen molar-refractivity contribution in [3.8, 4) is 0 Å². The van der Waals surface area contributed by atoms with Crippen molar-refractivity contribution >= 4 is 16.8 Å². The lowest BCUT2D eigenvalue weighted by Crippen LogP contribution is -2.27. The Balaban J connectivity index is 1.84. The number of aryl methyl sites for hydroxylation is 1. The van der Waals surface area contributed by atoms with Gasteiger partial charge >= 0.3 is 0 Å². The van der Waals surface area contributed by atoms with Crippen LogP contribution in [0.5, 0.6) is 0 Å². The molecule has 0 saturated carbocycles. The molecular formula is C17H24N2O2. The maximum absolute atomic E-state index is 12.0. The van der Waals surface area contributed by atoms with Crippen LogP contribution in [0.15, 0.2) is 30.5 Å². The highest BCUT2D eigenvalue weighted by molar-refractivity contribution is 5.89. The second-order valence-corrected chi connectivity index (χ2v) is 5.58. The van der Waals surface area contributed by atoms with E-state index in [0.717, 1.165) is 22.9 Å². The monoisotopic (exact) mass is 288 g/mol. The molecule has 1 aromatic heterocycles. The topological polar surface area (TPSA) is 43.3 Å². The molecule has 21 heavy (non-hydrogen) atoms. The molecule has 0 aliphatic rings. The molecule has 4 nitrogen and oxygen atoms in total. The van der Waals surface area contributed by atoms with Gasteiger partial charge < -0.3 is 14.6 Å². The fourth-order valence-electron chi connectivity index (χ4n) is 2.42. The Bertz CT molecular complexity index is 602. The van der Waals surface area contributed by atoms with Crippen LogP contribution in [0.3, 0.4) is 0 Å². The molecule has 0 unspecified atom stereocenters. The van der Waals surface area contributed by atoms with Crippen molar-refractivity contribution in [2.75, 3.05) is 13.2 Å². The van der Waals surface area contributed by atoms with E-state index in [1.54, 1.807) is 0 Å². The minimum Gasteiger partial charge on any atom is -0.379 e. The van der Waals surface area contributed by atoms with Crippen molar-refractivity contribution < 1.29 is 9.53 Å². The zero-order valence-electron chi connectivity index (χ0n) is 13.1. The lowest BCUT2D eigenvalue weighted by Gasteiger charge is -2.08. The second kappa shape index (κ2) is 7.27. The number of hydrogen-bond donors (Lipinski definition) is 1. The predicted molar refractivity (Wildman–Crippen MR) is 85.3 cm³/mol. The van der Waals surface area contributed by atoms with Gasteiger partial charge in [0.05, 0.1) is 12.5 Å². The van der Waals surface area contributed by atoms with Gasteiger partial charge in [-0.3, -0.25) is 4.79 Å². The summed E-state index contributed by atoms with van der Waals surface area (Å²) in [6, 6.07) is 8.16. The number of para-hydroxylation sites is 1. The Morgan fingerprint density at radius 1 is 1.33 bits per heavy atom. The first kappa shape index (κ1) is 15.6. The minimum atomic E-state index is 0.0656. The zero-order chi connectivity index (χ0) is 15.2. The normalized spacial score (nSPS) is 11.2. The summed E-state index contributed by atoms with van der Waals surface area (Å²) >= 11 is 0. The Kier molecular flexibility index (Phi) is 5.39. The molecule has 1 N–H and O–H groups in total. The smallest absolute Gasteiger partial charge is 0.224 e. The van der Waals surface area contributed by atoms with Crippen LogP contribution in [0.1, 0.15) is 25.8 Å². The summed E-state index contributed by atoms with van der Waals surface area (Å²) in [4.78, 5) is 12.0. The summed E-state index contributed by atoms with van der Waals surface area (Å²) < 4.78 is 7.51. The molecule has 0 bridgehead atoms. The summed E-state index contributed by atoms with van der Waals surface area (Å²) in [5, 5.41) is 4.10. The van der Waals surface area contributed by atoms with Gasteiger partial charge in [-0.1, -0.05) is 18.2 Å². The molecule has 0 radical (unpaired) electrons. The van der Waals surface area contributed by atoms with Crippen LogP contribution >= 0.6 is 0 Å². The molecule has 0 atom stereocenters. The summed E-state index contributed by atoms with van der Waals surface area (Å²) in [5.41, 5.74) is 2.23. The molecule has 0 fully saturated rings. The highest BCUT2D eigenvalue weighted by Crippen LogP contribution is 2.20. The first-order valence-corrected chi connectivity index (χ1v) is 7.49. The van der Waals surface area contributed by atoms with E-state index in [0.29, 0.717) is 19.6 Å². The number of ether oxygens (including phenoxy) is 1. The van der Waals surface area contributed by atoms with E-state index < -0.39 is 0 Å². The van der Waals surface area contributed by atoms with Crippen LogP contribution in [0.25, 0.3) is 10.9 Å². The number of nitrogens with zero attached hydrogens (tertiary/aromatic N) is 1. The fraction of sp³-hybridized carbons (Fsp3) is 0.471. The summed E-state index contributed by atoms with van der Waals surface area (Å²) in [6.45, 7) is 5.38. The van der Waals surface area contributed by atoms with Gasteiger partial charge in [0.15, 0.2) is 0 Å². The number of carbonyl (C=O) groups is 1. The fourth-order valence-corrected chi connectivity index (χ4v) is 2.42. The Morgan fingerprint density at radius 3 is 2.86 bits per heavy atom. The van der Waals surface area contributed by atoms with Crippen molar-refractivity contribution in [1.29, 1.82) is 0 Å². The third-order valence-corrected chi connectivity index (χ3v) is 3.42. The van der Waals surface area contributed by atoms with Gasteiger partial charge in [-0.2, -0.15) is 0 Å². The van der Waals surface area contributed by atoms with Crippen molar-refractivity contribution in [3.05, 3.63) is 36.0 Å². The first-order valence-electron chi connectivity index (χ1n) is 7.49. The number of fused-ring (bicyclic) bond motifs is 1. The summed E-state index contributed by atoms with van der Waals surface area (Å²) in [6.07, 6.45) is 3.55. The highest BCUT2D eigenvalue weighted by Gasteiger charge is 2.09. The molecule has 0 spiro atoms. The molecule has 114 valence electrons. The van der Waals surface area contributed by atoms with Crippen LogP contribution in [-0.4, -0.2) is 29.7 Å². The number of carbonyl (C=O) groups excluding carboxylic acids is 1. The molecule has 2 aromatic rings. The zero-order valence-corrected chi connectivity index (χ0v) is 13.1. The first-order chi connectivity index (χ1) is 10.1. The molecule has 0 aliphatic carbocycles. The Labute approximate surface area is 126 Å². The van der Waals surface area contributed by atoms with Crippen LogP contribution in [0.4, 0.5) is 0 Å². The van der Waals surface area contributed by atoms with E-state index in [9.17, 15) is 4.79 Å². The van der Waals surface area contributed by atoms with E-state index in [1.807, 2.05) is 39.2 Å². The maximum Gasteiger partial charge on any atom is 0.224 e. The van der Waals surface area contributed by atoms with E-state index in [4.69, 9.17) is 4.74 Å². The van der Waals surface area contributed by atoms with E-state index in [-0.39, 0.29) is 12.0 Å². The quantitative estimate of drug-likeness (QED) is 0.796. The van der Waals surface area contributed by atoms with Crippen molar-refractivity contribution in [3.63, 3.8) is 0 Å². The molecule has 1 aromatic carbocycles. The van der Waals surface area contributed by atoms with E-state index in [1.165, 1.54) is 0 Å². The molecular weight excluding hydrogens is 264 g/mol. The minimum absolute atomic E-state index is 0.0656.